The number of benzene rings is 2. The zero-order valence-electron chi connectivity index (χ0n) is 16.7. The molecule has 0 radical (unpaired) electrons. The van der Waals surface area contributed by atoms with Crippen molar-refractivity contribution < 1.29 is 4.79 Å². The molecule has 2 aromatic carbocycles. The molecule has 0 aliphatic carbocycles. The highest BCUT2D eigenvalue weighted by Gasteiger charge is 2.25. The van der Waals surface area contributed by atoms with E-state index < -0.39 is 5.25 Å². The van der Waals surface area contributed by atoms with Crippen LogP contribution in [0.25, 0.3) is 10.9 Å². The van der Waals surface area contributed by atoms with Gasteiger partial charge >= 0.3 is 0 Å². The summed E-state index contributed by atoms with van der Waals surface area (Å²) in [5.74, 6) is -0.144. The van der Waals surface area contributed by atoms with Crippen LogP contribution in [0.1, 0.15) is 13.3 Å². The summed E-state index contributed by atoms with van der Waals surface area (Å²) in [5.41, 5.74) is 1.17. The van der Waals surface area contributed by atoms with Crippen molar-refractivity contribution in [3.05, 3.63) is 77.6 Å². The van der Waals surface area contributed by atoms with Crippen molar-refractivity contribution in [2.45, 2.75) is 30.3 Å². The van der Waals surface area contributed by atoms with Gasteiger partial charge in [0.25, 0.3) is 5.56 Å². The molecule has 1 aromatic heterocycles. The molecule has 6 nitrogen and oxygen atoms in total. The fraction of sp³-hybridized carbons (Fsp3) is 0.217. The van der Waals surface area contributed by atoms with Gasteiger partial charge in [0.05, 0.1) is 28.6 Å². The minimum atomic E-state index is -0.506. The smallest absolute Gasteiger partial charge is 0.262 e. The molecule has 0 saturated carbocycles. The molecule has 7 heteroatoms. The molecule has 3 rings (SSSR count). The van der Waals surface area contributed by atoms with Crippen LogP contribution in [0.2, 0.25) is 0 Å². The first-order valence-corrected chi connectivity index (χ1v) is 10.4. The molecule has 0 aliphatic heterocycles. The van der Waals surface area contributed by atoms with Crippen LogP contribution >= 0.6 is 11.8 Å². The monoisotopic (exact) mass is 418 g/mol. The van der Waals surface area contributed by atoms with Crippen LogP contribution in [0.5, 0.6) is 0 Å². The van der Waals surface area contributed by atoms with E-state index in [-0.39, 0.29) is 17.9 Å². The molecule has 0 aliphatic rings. The van der Waals surface area contributed by atoms with E-state index in [1.807, 2.05) is 36.4 Å². The van der Waals surface area contributed by atoms with Gasteiger partial charge < -0.3 is 4.90 Å². The molecule has 0 spiro atoms. The number of para-hydroxylation sites is 2. The summed E-state index contributed by atoms with van der Waals surface area (Å²) in [7, 11) is 0. The second kappa shape index (κ2) is 9.90. The number of carbonyl (C=O) groups is 1. The summed E-state index contributed by atoms with van der Waals surface area (Å²) in [6.07, 6.45) is 1.87. The van der Waals surface area contributed by atoms with Gasteiger partial charge in [-0.05, 0) is 31.2 Å². The number of allylic oxidation sites excluding steroid dienone is 1. The van der Waals surface area contributed by atoms with E-state index >= 15 is 0 Å². The lowest BCUT2D eigenvalue weighted by molar-refractivity contribution is -0.117. The summed E-state index contributed by atoms with van der Waals surface area (Å²) in [6.45, 7) is 6.12. The number of carbonyl (C=O) groups excluding carboxylic acids is 1. The maximum absolute atomic E-state index is 13.2. The van der Waals surface area contributed by atoms with Crippen LogP contribution in [0.15, 0.2) is 77.2 Å². The van der Waals surface area contributed by atoms with Crippen LogP contribution in [0.3, 0.4) is 0 Å². The molecule has 30 heavy (non-hydrogen) atoms. The minimum absolute atomic E-state index is 0.144. The number of nitrogens with zero attached hydrogens (tertiary/aromatic N) is 4. The van der Waals surface area contributed by atoms with E-state index in [0.717, 1.165) is 5.69 Å². The lowest BCUT2D eigenvalue weighted by Gasteiger charge is -2.25. The Morgan fingerprint density at radius 2 is 1.97 bits per heavy atom. The molecule has 0 fully saturated rings. The first kappa shape index (κ1) is 21.3. The molecule has 0 unspecified atom stereocenters. The molecule has 1 atom stereocenters. The highest BCUT2D eigenvalue weighted by molar-refractivity contribution is 8.00. The summed E-state index contributed by atoms with van der Waals surface area (Å²) in [4.78, 5) is 32.4. The third-order valence-electron chi connectivity index (χ3n) is 4.55. The van der Waals surface area contributed by atoms with E-state index in [0.29, 0.717) is 29.1 Å². The van der Waals surface area contributed by atoms with Gasteiger partial charge in [-0.15, -0.1) is 6.58 Å². The fourth-order valence-electron chi connectivity index (χ4n) is 3.09. The van der Waals surface area contributed by atoms with Gasteiger partial charge in [0.2, 0.25) is 5.91 Å². The van der Waals surface area contributed by atoms with Crippen LogP contribution in [0, 0.1) is 11.3 Å². The standard InChI is InChI=1S/C23H22N4O2S/c1-3-15-27-22(29)19-12-7-8-13-20(19)25-23(27)30-17(2)21(28)26(16-9-14-24)18-10-5-4-6-11-18/h3-8,10-13,17H,1,9,15-16H2,2H3/t17-/m0/s1. The average Bonchev–Trinajstić information content (AvgIpc) is 2.77. The van der Waals surface area contributed by atoms with E-state index in [1.54, 1.807) is 36.1 Å². The SMILES string of the molecule is C=CCn1c(S[C@@H](C)C(=O)N(CCC#N)c2ccccc2)nc2ccccc2c1=O. The van der Waals surface area contributed by atoms with Crippen molar-refractivity contribution in [3.8, 4) is 6.07 Å². The molecule has 3 aromatic rings. The number of nitriles is 1. The van der Waals surface area contributed by atoms with E-state index in [9.17, 15) is 9.59 Å². The third-order valence-corrected chi connectivity index (χ3v) is 5.63. The lowest BCUT2D eigenvalue weighted by atomic mass is 10.2. The maximum atomic E-state index is 13.2. The molecule has 1 heterocycles. The number of rotatable bonds is 8. The van der Waals surface area contributed by atoms with Crippen LogP contribution < -0.4 is 10.5 Å². The van der Waals surface area contributed by atoms with Crippen LogP contribution in [-0.2, 0) is 11.3 Å². The first-order valence-electron chi connectivity index (χ1n) is 9.57. The Morgan fingerprint density at radius 1 is 1.27 bits per heavy atom. The molecular weight excluding hydrogens is 396 g/mol. The fourth-order valence-corrected chi connectivity index (χ4v) is 4.07. The quantitative estimate of drug-likeness (QED) is 0.314. The maximum Gasteiger partial charge on any atom is 0.262 e. The molecule has 0 bridgehead atoms. The molecule has 0 N–H and O–H groups in total. The molecule has 152 valence electrons. The second-order valence-electron chi connectivity index (χ2n) is 6.61. The second-order valence-corrected chi connectivity index (χ2v) is 7.92. The highest BCUT2D eigenvalue weighted by Crippen LogP contribution is 2.26. The average molecular weight is 419 g/mol. The van der Waals surface area contributed by atoms with E-state index in [2.05, 4.69) is 17.6 Å². The number of thioether (sulfide) groups is 1. The van der Waals surface area contributed by atoms with E-state index in [1.165, 1.54) is 16.3 Å². The number of fused-ring (bicyclic) bond motifs is 1. The normalized spacial score (nSPS) is 11.6. The van der Waals surface area contributed by atoms with Crippen molar-refractivity contribution in [3.63, 3.8) is 0 Å². The Morgan fingerprint density at radius 3 is 2.67 bits per heavy atom. The predicted octanol–water partition coefficient (Wildman–Crippen LogP) is 4.01. The highest BCUT2D eigenvalue weighted by atomic mass is 32.2. The zero-order valence-corrected chi connectivity index (χ0v) is 17.5. The first-order chi connectivity index (χ1) is 14.6. The Kier molecular flexibility index (Phi) is 7.04. The number of anilines is 1. The van der Waals surface area contributed by atoms with Gasteiger partial charge in [-0.2, -0.15) is 5.26 Å². The summed E-state index contributed by atoms with van der Waals surface area (Å²) < 4.78 is 1.53. The largest absolute Gasteiger partial charge is 0.310 e. The predicted molar refractivity (Wildman–Crippen MR) is 121 cm³/mol. The van der Waals surface area contributed by atoms with Crippen molar-refractivity contribution >= 4 is 34.3 Å². The number of hydrogen-bond acceptors (Lipinski definition) is 5. The van der Waals surface area contributed by atoms with Crippen molar-refractivity contribution in [1.29, 1.82) is 5.26 Å². The summed E-state index contributed by atoms with van der Waals surface area (Å²) >= 11 is 1.23. The lowest BCUT2D eigenvalue weighted by Crippen LogP contribution is -2.37. The van der Waals surface area contributed by atoms with Crippen molar-refractivity contribution in [1.82, 2.24) is 9.55 Å². The third kappa shape index (κ3) is 4.61. The van der Waals surface area contributed by atoms with Crippen LogP contribution in [0.4, 0.5) is 5.69 Å². The van der Waals surface area contributed by atoms with Gasteiger partial charge in [-0.3, -0.25) is 14.2 Å². The zero-order chi connectivity index (χ0) is 21.5. The molecular formula is C23H22N4O2S. The number of hydrogen-bond donors (Lipinski definition) is 0. The number of aromatic nitrogens is 2. The Hall–Kier alpha value is -3.37. The van der Waals surface area contributed by atoms with Crippen molar-refractivity contribution in [2.24, 2.45) is 0 Å². The van der Waals surface area contributed by atoms with Gasteiger partial charge in [-0.1, -0.05) is 48.2 Å². The van der Waals surface area contributed by atoms with Crippen molar-refractivity contribution in [2.75, 3.05) is 11.4 Å². The van der Waals surface area contributed by atoms with E-state index in [4.69, 9.17) is 5.26 Å². The Balaban J connectivity index is 1.94. The van der Waals surface area contributed by atoms with Gasteiger partial charge in [-0.25, -0.2) is 4.98 Å². The Labute approximate surface area is 179 Å². The van der Waals surface area contributed by atoms with Crippen LogP contribution in [-0.4, -0.2) is 27.3 Å². The Bertz CT molecular complexity index is 1150. The molecule has 1 amide bonds. The van der Waals surface area contributed by atoms with Gasteiger partial charge in [0.15, 0.2) is 5.16 Å². The van der Waals surface area contributed by atoms with Gasteiger partial charge in [0, 0.05) is 18.8 Å². The summed E-state index contributed by atoms with van der Waals surface area (Å²) in [5, 5.41) is 9.48. The molecule has 0 saturated heterocycles. The topological polar surface area (TPSA) is 79.0 Å². The summed E-state index contributed by atoms with van der Waals surface area (Å²) in [6, 6.07) is 18.5. The van der Waals surface area contributed by atoms with Gasteiger partial charge in [0.1, 0.15) is 0 Å². The number of amides is 1. The minimum Gasteiger partial charge on any atom is -0.310 e.